The third-order valence-electron chi connectivity index (χ3n) is 5.00. The highest BCUT2D eigenvalue weighted by Gasteiger charge is 2.41. The number of rotatable bonds is 8. The van der Waals surface area contributed by atoms with Gasteiger partial charge in [-0.25, -0.2) is 4.90 Å². The summed E-state index contributed by atoms with van der Waals surface area (Å²) in [5.41, 5.74) is 2.16. The lowest BCUT2D eigenvalue weighted by molar-refractivity contribution is -0.120. The monoisotopic (exact) mass is 428 g/mol. The molecule has 4 rings (SSSR count). The van der Waals surface area contributed by atoms with Crippen molar-refractivity contribution in [1.82, 2.24) is 0 Å². The highest BCUT2D eigenvalue weighted by Crippen LogP contribution is 2.38. The Kier molecular flexibility index (Phi) is 6.22. The summed E-state index contributed by atoms with van der Waals surface area (Å²) in [5, 5.41) is 3.18. The molecule has 0 aromatic heterocycles. The van der Waals surface area contributed by atoms with Gasteiger partial charge in [-0.1, -0.05) is 54.6 Å². The third-order valence-corrected chi connectivity index (χ3v) is 5.00. The van der Waals surface area contributed by atoms with Crippen molar-refractivity contribution in [2.75, 3.05) is 23.4 Å². The molecule has 0 saturated carbocycles. The van der Waals surface area contributed by atoms with E-state index in [1.807, 2.05) is 74.5 Å². The molecular formula is C26H24N2O4. The molecule has 1 N–H and O–H groups in total. The van der Waals surface area contributed by atoms with Gasteiger partial charge in [-0.2, -0.15) is 0 Å². The van der Waals surface area contributed by atoms with Crippen LogP contribution in [0.1, 0.15) is 19.4 Å². The van der Waals surface area contributed by atoms with Crippen LogP contribution in [0.15, 0.2) is 84.6 Å². The molecule has 1 aliphatic rings. The van der Waals surface area contributed by atoms with Gasteiger partial charge >= 0.3 is 0 Å². The number of carbonyl (C=O) groups excluding carboxylic acids is 2. The Hall–Kier alpha value is -4.06. The lowest BCUT2D eigenvalue weighted by Crippen LogP contribution is -2.32. The number of anilines is 2. The SMILES string of the molecule is CCOc1ccccc1NC1=C(c2ccccc2)C(=O)N(c2ccccc2OCC)C1=O. The molecule has 0 bridgehead atoms. The number of nitrogens with one attached hydrogen (secondary N) is 1. The Morgan fingerprint density at radius 2 is 1.31 bits per heavy atom. The second-order valence-electron chi connectivity index (χ2n) is 7.02. The van der Waals surface area contributed by atoms with Gasteiger partial charge in [0.1, 0.15) is 17.2 Å². The summed E-state index contributed by atoms with van der Waals surface area (Å²) >= 11 is 0. The first kappa shape index (κ1) is 21.2. The second-order valence-corrected chi connectivity index (χ2v) is 7.02. The minimum absolute atomic E-state index is 0.194. The van der Waals surface area contributed by atoms with Crippen LogP contribution < -0.4 is 19.7 Å². The fourth-order valence-corrected chi connectivity index (χ4v) is 3.64. The third kappa shape index (κ3) is 3.95. The summed E-state index contributed by atoms with van der Waals surface area (Å²) in [4.78, 5) is 28.4. The number of para-hydroxylation sites is 4. The number of hydrogen-bond acceptors (Lipinski definition) is 5. The number of benzene rings is 3. The van der Waals surface area contributed by atoms with Crippen molar-refractivity contribution in [3.8, 4) is 11.5 Å². The Labute approximate surface area is 187 Å². The fraction of sp³-hybridized carbons (Fsp3) is 0.154. The van der Waals surface area contributed by atoms with Crippen LogP contribution in [0.4, 0.5) is 11.4 Å². The molecule has 162 valence electrons. The van der Waals surface area contributed by atoms with Gasteiger partial charge in [0, 0.05) is 0 Å². The molecular weight excluding hydrogens is 404 g/mol. The van der Waals surface area contributed by atoms with E-state index in [2.05, 4.69) is 5.32 Å². The van der Waals surface area contributed by atoms with Crippen LogP contribution in [0.3, 0.4) is 0 Å². The van der Waals surface area contributed by atoms with E-state index in [-0.39, 0.29) is 5.70 Å². The van der Waals surface area contributed by atoms with E-state index >= 15 is 0 Å². The Morgan fingerprint density at radius 3 is 2.03 bits per heavy atom. The van der Waals surface area contributed by atoms with Crippen molar-refractivity contribution in [3.63, 3.8) is 0 Å². The average Bonchev–Trinajstić information content (AvgIpc) is 3.06. The molecule has 1 heterocycles. The first-order valence-corrected chi connectivity index (χ1v) is 10.5. The summed E-state index contributed by atoms with van der Waals surface area (Å²) in [7, 11) is 0. The second kappa shape index (κ2) is 9.39. The molecule has 0 radical (unpaired) electrons. The van der Waals surface area contributed by atoms with Gasteiger partial charge < -0.3 is 14.8 Å². The molecule has 1 aliphatic heterocycles. The first-order chi connectivity index (χ1) is 15.7. The van der Waals surface area contributed by atoms with Crippen molar-refractivity contribution in [2.24, 2.45) is 0 Å². The molecule has 0 spiro atoms. The van der Waals surface area contributed by atoms with Gasteiger partial charge in [0.15, 0.2) is 0 Å². The molecule has 3 aromatic rings. The van der Waals surface area contributed by atoms with Crippen molar-refractivity contribution in [3.05, 3.63) is 90.1 Å². The molecule has 0 atom stereocenters. The smallest absolute Gasteiger partial charge is 0.282 e. The van der Waals surface area contributed by atoms with Crippen LogP contribution in [0.5, 0.6) is 11.5 Å². The number of imide groups is 1. The Balaban J connectivity index is 1.83. The fourth-order valence-electron chi connectivity index (χ4n) is 3.64. The molecule has 0 aliphatic carbocycles. The van der Waals surface area contributed by atoms with Gasteiger partial charge in [0.05, 0.1) is 30.2 Å². The van der Waals surface area contributed by atoms with Gasteiger partial charge in [-0.3, -0.25) is 9.59 Å². The van der Waals surface area contributed by atoms with Crippen LogP contribution in [0, 0.1) is 0 Å². The molecule has 32 heavy (non-hydrogen) atoms. The molecule has 3 aromatic carbocycles. The molecule has 0 unspecified atom stereocenters. The molecule has 2 amide bonds. The maximum absolute atomic E-state index is 13.6. The maximum Gasteiger partial charge on any atom is 0.282 e. The van der Waals surface area contributed by atoms with E-state index in [0.717, 1.165) is 0 Å². The molecule has 6 heteroatoms. The van der Waals surface area contributed by atoms with Crippen LogP contribution in [0.25, 0.3) is 5.57 Å². The summed E-state index contributed by atoms with van der Waals surface area (Å²) in [6.07, 6.45) is 0. The van der Waals surface area contributed by atoms with Gasteiger partial charge in [0.2, 0.25) is 0 Å². The average molecular weight is 428 g/mol. The number of ether oxygens (including phenoxy) is 2. The summed E-state index contributed by atoms with van der Waals surface area (Å²) in [5.74, 6) is 0.209. The standard InChI is InChI=1S/C26H24N2O4/c1-3-31-21-16-10-8-14-19(21)27-24-23(18-12-6-5-7-13-18)25(29)28(26(24)30)20-15-9-11-17-22(20)32-4-2/h5-17,27H,3-4H2,1-2H3. The predicted octanol–water partition coefficient (Wildman–Crippen LogP) is 4.88. The predicted molar refractivity (Wildman–Crippen MR) is 125 cm³/mol. The quantitative estimate of drug-likeness (QED) is 0.518. The minimum atomic E-state index is -0.452. The van der Waals surface area contributed by atoms with Gasteiger partial charge in [-0.15, -0.1) is 0 Å². The van der Waals surface area contributed by atoms with Crippen LogP contribution in [-0.4, -0.2) is 25.0 Å². The van der Waals surface area contributed by atoms with Crippen molar-refractivity contribution >= 4 is 28.8 Å². The van der Waals surface area contributed by atoms with E-state index < -0.39 is 11.8 Å². The topological polar surface area (TPSA) is 67.9 Å². The van der Waals surface area contributed by atoms with Crippen molar-refractivity contribution in [1.29, 1.82) is 0 Å². The largest absolute Gasteiger partial charge is 0.492 e. The van der Waals surface area contributed by atoms with Crippen LogP contribution in [-0.2, 0) is 9.59 Å². The van der Waals surface area contributed by atoms with E-state index in [4.69, 9.17) is 9.47 Å². The van der Waals surface area contributed by atoms with E-state index in [1.54, 1.807) is 18.2 Å². The van der Waals surface area contributed by atoms with Crippen molar-refractivity contribution < 1.29 is 19.1 Å². The number of carbonyl (C=O) groups is 2. The number of hydrogen-bond donors (Lipinski definition) is 1. The summed E-state index contributed by atoms with van der Waals surface area (Å²) in [6, 6.07) is 23.5. The highest BCUT2D eigenvalue weighted by molar-refractivity contribution is 6.46. The van der Waals surface area contributed by atoms with E-state index in [1.165, 1.54) is 4.90 Å². The normalized spacial score (nSPS) is 13.5. The van der Waals surface area contributed by atoms with Crippen LogP contribution in [0.2, 0.25) is 0 Å². The summed E-state index contributed by atoms with van der Waals surface area (Å²) < 4.78 is 11.4. The highest BCUT2D eigenvalue weighted by atomic mass is 16.5. The zero-order valence-corrected chi connectivity index (χ0v) is 18.0. The van der Waals surface area contributed by atoms with Crippen LogP contribution >= 0.6 is 0 Å². The number of amides is 2. The molecule has 0 fully saturated rings. The summed E-state index contributed by atoms with van der Waals surface area (Å²) in [6.45, 7) is 4.64. The van der Waals surface area contributed by atoms with Gasteiger partial charge in [-0.05, 0) is 43.7 Å². The van der Waals surface area contributed by atoms with Crippen molar-refractivity contribution in [2.45, 2.75) is 13.8 Å². The number of nitrogens with zero attached hydrogens (tertiary/aromatic N) is 1. The first-order valence-electron chi connectivity index (χ1n) is 10.5. The molecule has 0 saturated heterocycles. The lowest BCUT2D eigenvalue weighted by Gasteiger charge is -2.19. The Bertz CT molecular complexity index is 1170. The Morgan fingerprint density at radius 1 is 0.719 bits per heavy atom. The zero-order valence-electron chi connectivity index (χ0n) is 18.0. The minimum Gasteiger partial charge on any atom is -0.492 e. The zero-order chi connectivity index (χ0) is 22.5. The maximum atomic E-state index is 13.6. The van der Waals surface area contributed by atoms with Gasteiger partial charge in [0.25, 0.3) is 11.8 Å². The van der Waals surface area contributed by atoms with E-state index in [0.29, 0.717) is 47.2 Å². The molecule has 6 nitrogen and oxygen atoms in total. The van der Waals surface area contributed by atoms with E-state index in [9.17, 15) is 9.59 Å². The lowest BCUT2D eigenvalue weighted by atomic mass is 10.0.